The van der Waals surface area contributed by atoms with Gasteiger partial charge < -0.3 is 14.0 Å². The second-order valence-corrected chi connectivity index (χ2v) is 5.31. The molecule has 0 fully saturated rings. The molecule has 2 aromatic carbocycles. The molecule has 3 aromatic rings. The summed E-state index contributed by atoms with van der Waals surface area (Å²) in [7, 11) is 0. The van der Waals surface area contributed by atoms with Crippen LogP contribution >= 0.6 is 0 Å². The van der Waals surface area contributed by atoms with Gasteiger partial charge >= 0.3 is 5.97 Å². The van der Waals surface area contributed by atoms with Crippen molar-refractivity contribution < 1.29 is 18.8 Å². The maximum Gasteiger partial charge on any atom is 0.344 e. The van der Waals surface area contributed by atoms with Crippen molar-refractivity contribution in [1.82, 2.24) is 5.16 Å². The van der Waals surface area contributed by atoms with Crippen LogP contribution < -0.4 is 4.74 Å². The molecule has 0 saturated heterocycles. The maximum absolute atomic E-state index is 11.7. The second kappa shape index (κ2) is 7.46. The summed E-state index contributed by atoms with van der Waals surface area (Å²) >= 11 is 0. The third-order valence-electron chi connectivity index (χ3n) is 3.34. The molecule has 0 amide bonds. The van der Waals surface area contributed by atoms with E-state index in [0.29, 0.717) is 17.2 Å². The van der Waals surface area contributed by atoms with Crippen LogP contribution in [0.5, 0.6) is 5.75 Å². The lowest BCUT2D eigenvalue weighted by Gasteiger charge is -2.06. The fraction of sp³-hybridized carbons (Fsp3) is 0.158. The molecule has 1 aromatic heterocycles. The molecule has 0 aliphatic heterocycles. The van der Waals surface area contributed by atoms with E-state index >= 15 is 0 Å². The lowest BCUT2D eigenvalue weighted by Crippen LogP contribution is -2.14. The number of aryl methyl sites for hydroxylation is 1. The Morgan fingerprint density at radius 2 is 1.92 bits per heavy atom. The highest BCUT2D eigenvalue weighted by Crippen LogP contribution is 2.20. The summed E-state index contributed by atoms with van der Waals surface area (Å²) in [5, 5.41) is 3.90. The number of carbonyl (C=O) groups excluding carboxylic acids is 1. The maximum atomic E-state index is 11.7. The van der Waals surface area contributed by atoms with Gasteiger partial charge in [0.05, 0.1) is 0 Å². The van der Waals surface area contributed by atoms with Gasteiger partial charge in [-0.1, -0.05) is 47.6 Å². The Kier molecular flexibility index (Phi) is 4.91. The Hall–Kier alpha value is -3.08. The number of nitrogens with zero attached hydrogens (tertiary/aromatic N) is 1. The largest absolute Gasteiger partial charge is 0.482 e. The first kappa shape index (κ1) is 15.8. The van der Waals surface area contributed by atoms with Gasteiger partial charge in [0, 0.05) is 11.6 Å². The summed E-state index contributed by atoms with van der Waals surface area (Å²) in [5.74, 6) is 0.818. The van der Waals surface area contributed by atoms with Crippen molar-refractivity contribution in [3.05, 3.63) is 71.9 Å². The normalized spacial score (nSPS) is 10.4. The van der Waals surface area contributed by atoms with Crippen molar-refractivity contribution in [3.63, 3.8) is 0 Å². The number of ether oxygens (including phenoxy) is 2. The van der Waals surface area contributed by atoms with Crippen LogP contribution in [0.15, 0.2) is 65.2 Å². The monoisotopic (exact) mass is 323 g/mol. The molecule has 0 aliphatic carbocycles. The summed E-state index contributed by atoms with van der Waals surface area (Å²) in [4.78, 5) is 11.7. The van der Waals surface area contributed by atoms with Gasteiger partial charge in [-0.25, -0.2) is 4.79 Å². The first-order valence-corrected chi connectivity index (χ1v) is 7.57. The lowest BCUT2D eigenvalue weighted by molar-refractivity contribution is -0.147. The number of hydrogen-bond donors (Lipinski definition) is 0. The zero-order chi connectivity index (χ0) is 16.8. The van der Waals surface area contributed by atoms with Crippen molar-refractivity contribution in [3.8, 4) is 17.1 Å². The van der Waals surface area contributed by atoms with Gasteiger partial charge in [-0.2, -0.15) is 0 Å². The molecule has 0 spiro atoms. The topological polar surface area (TPSA) is 61.6 Å². The molecule has 0 aliphatic rings. The molecular weight excluding hydrogens is 306 g/mol. The van der Waals surface area contributed by atoms with Crippen LogP contribution in [-0.2, 0) is 16.1 Å². The molecule has 0 saturated carbocycles. The van der Waals surface area contributed by atoms with Gasteiger partial charge in [0.1, 0.15) is 18.1 Å². The molecule has 1 heterocycles. The molecule has 0 atom stereocenters. The van der Waals surface area contributed by atoms with Gasteiger partial charge in [0.15, 0.2) is 12.4 Å². The first-order valence-electron chi connectivity index (χ1n) is 7.57. The van der Waals surface area contributed by atoms with Crippen LogP contribution in [0, 0.1) is 6.92 Å². The summed E-state index contributed by atoms with van der Waals surface area (Å²) in [6.45, 7) is 1.86. The Bertz CT molecular complexity index is 811. The Balaban J connectivity index is 1.49. The van der Waals surface area contributed by atoms with E-state index in [1.165, 1.54) is 0 Å². The van der Waals surface area contributed by atoms with E-state index in [4.69, 9.17) is 14.0 Å². The van der Waals surface area contributed by atoms with E-state index in [-0.39, 0.29) is 13.2 Å². The van der Waals surface area contributed by atoms with Gasteiger partial charge in [-0.15, -0.1) is 0 Å². The molecule has 24 heavy (non-hydrogen) atoms. The van der Waals surface area contributed by atoms with E-state index in [2.05, 4.69) is 5.16 Å². The highest BCUT2D eigenvalue weighted by Gasteiger charge is 2.10. The molecule has 5 nitrogen and oxygen atoms in total. The van der Waals surface area contributed by atoms with Crippen molar-refractivity contribution in [1.29, 1.82) is 0 Å². The van der Waals surface area contributed by atoms with E-state index in [1.54, 1.807) is 12.1 Å². The minimum atomic E-state index is -0.458. The van der Waals surface area contributed by atoms with E-state index < -0.39 is 5.97 Å². The van der Waals surface area contributed by atoms with Crippen molar-refractivity contribution in [2.24, 2.45) is 0 Å². The molecule has 0 bridgehead atoms. The average molecular weight is 323 g/mol. The van der Waals surface area contributed by atoms with Gasteiger partial charge in [0.25, 0.3) is 0 Å². The third kappa shape index (κ3) is 4.23. The molecular formula is C19H17NO4. The van der Waals surface area contributed by atoms with E-state index in [1.807, 2.05) is 55.5 Å². The Labute approximate surface area is 139 Å². The molecule has 3 rings (SSSR count). The van der Waals surface area contributed by atoms with E-state index in [0.717, 1.165) is 11.1 Å². The number of esters is 1. The minimum absolute atomic E-state index is 0.0480. The van der Waals surface area contributed by atoms with Crippen LogP contribution in [-0.4, -0.2) is 17.7 Å². The molecule has 0 radical (unpaired) electrons. The Morgan fingerprint density at radius 1 is 1.08 bits per heavy atom. The predicted octanol–water partition coefficient (Wildman–Crippen LogP) is 3.77. The SMILES string of the molecule is Cc1cccc(OCC(=O)OCc2cc(-c3ccccc3)on2)c1. The number of rotatable bonds is 6. The smallest absolute Gasteiger partial charge is 0.344 e. The van der Waals surface area contributed by atoms with Crippen LogP contribution in [0.4, 0.5) is 0 Å². The molecule has 5 heteroatoms. The highest BCUT2D eigenvalue weighted by molar-refractivity contribution is 5.71. The summed E-state index contributed by atoms with van der Waals surface area (Å²) < 4.78 is 15.8. The van der Waals surface area contributed by atoms with Crippen LogP contribution in [0.2, 0.25) is 0 Å². The summed E-state index contributed by atoms with van der Waals surface area (Å²) in [6, 6.07) is 18.8. The fourth-order valence-electron chi connectivity index (χ4n) is 2.16. The second-order valence-electron chi connectivity index (χ2n) is 5.31. The number of aromatic nitrogens is 1. The molecule has 122 valence electrons. The fourth-order valence-corrected chi connectivity index (χ4v) is 2.16. The van der Waals surface area contributed by atoms with Gasteiger partial charge in [-0.3, -0.25) is 0 Å². The number of benzene rings is 2. The van der Waals surface area contributed by atoms with Crippen molar-refractivity contribution in [2.75, 3.05) is 6.61 Å². The highest BCUT2D eigenvalue weighted by atomic mass is 16.6. The molecule has 0 unspecified atom stereocenters. The van der Waals surface area contributed by atoms with Gasteiger partial charge in [0.2, 0.25) is 0 Å². The van der Waals surface area contributed by atoms with Crippen molar-refractivity contribution in [2.45, 2.75) is 13.5 Å². The van der Waals surface area contributed by atoms with Crippen molar-refractivity contribution >= 4 is 5.97 Å². The van der Waals surface area contributed by atoms with E-state index in [9.17, 15) is 4.79 Å². The van der Waals surface area contributed by atoms with Gasteiger partial charge in [-0.05, 0) is 24.6 Å². The van der Waals surface area contributed by atoms with Crippen LogP contribution in [0.3, 0.4) is 0 Å². The summed E-state index contributed by atoms with van der Waals surface area (Å²) in [6.07, 6.45) is 0. The van der Waals surface area contributed by atoms with Crippen LogP contribution in [0.1, 0.15) is 11.3 Å². The zero-order valence-corrected chi connectivity index (χ0v) is 13.3. The predicted molar refractivity (Wildman–Crippen MR) is 88.4 cm³/mol. The third-order valence-corrected chi connectivity index (χ3v) is 3.34. The number of hydrogen-bond acceptors (Lipinski definition) is 5. The summed E-state index contributed by atoms with van der Waals surface area (Å²) in [5.41, 5.74) is 2.54. The zero-order valence-electron chi connectivity index (χ0n) is 13.3. The molecule has 0 N–H and O–H groups in total. The quantitative estimate of drug-likeness (QED) is 0.646. The van der Waals surface area contributed by atoms with Crippen LogP contribution in [0.25, 0.3) is 11.3 Å². The standard InChI is InChI=1S/C19H17NO4/c1-14-6-5-9-17(10-14)22-13-19(21)23-12-16-11-18(24-20-16)15-7-3-2-4-8-15/h2-11H,12-13H2,1H3. The Morgan fingerprint density at radius 3 is 2.71 bits per heavy atom. The number of carbonyl (C=O) groups is 1. The lowest BCUT2D eigenvalue weighted by atomic mass is 10.2. The minimum Gasteiger partial charge on any atom is -0.482 e. The first-order chi connectivity index (χ1) is 11.7. The average Bonchev–Trinajstić information content (AvgIpc) is 3.08.